The number of halogens is 1. The Balaban J connectivity index is 1.45. The van der Waals surface area contributed by atoms with Crippen molar-refractivity contribution in [3.63, 3.8) is 0 Å². The summed E-state index contributed by atoms with van der Waals surface area (Å²) in [4.78, 5) is 19.4. The molecule has 2 N–H and O–H groups in total. The molecule has 0 bridgehead atoms. The number of nitrogens with zero attached hydrogens (tertiary/aromatic N) is 2. The Kier molecular flexibility index (Phi) is 4.67. The fourth-order valence-electron chi connectivity index (χ4n) is 4.18. The Morgan fingerprint density at radius 2 is 2.13 bits per heavy atom. The number of carbonyl (C=O) groups is 1. The van der Waals surface area contributed by atoms with Crippen molar-refractivity contribution in [3.8, 4) is 0 Å². The van der Waals surface area contributed by atoms with Crippen molar-refractivity contribution in [2.45, 2.75) is 26.2 Å². The van der Waals surface area contributed by atoms with Gasteiger partial charge < -0.3 is 24.7 Å². The molecule has 1 fully saturated rings. The number of fused-ring (bicyclic) bond motifs is 2. The Morgan fingerprint density at radius 1 is 1.33 bits per heavy atom. The van der Waals surface area contributed by atoms with Crippen LogP contribution in [0, 0.1) is 6.92 Å². The number of benzene rings is 1. The molecule has 1 aliphatic carbocycles. The molecule has 2 atom stereocenters. The van der Waals surface area contributed by atoms with E-state index >= 15 is 0 Å². The van der Waals surface area contributed by atoms with E-state index in [0.717, 1.165) is 43.0 Å². The van der Waals surface area contributed by atoms with Gasteiger partial charge in [-0.05, 0) is 44.2 Å². The minimum absolute atomic E-state index is 0.268. The number of ether oxygens (including phenoxy) is 1. The molecular formula is C22H23FN4O3. The highest BCUT2D eigenvalue weighted by atomic mass is 19.1. The van der Waals surface area contributed by atoms with Crippen LogP contribution in [0.1, 0.15) is 23.0 Å². The number of hydrogen-bond donors (Lipinski definition) is 2. The molecule has 0 radical (unpaired) electrons. The van der Waals surface area contributed by atoms with Gasteiger partial charge in [-0.15, -0.1) is 0 Å². The van der Waals surface area contributed by atoms with Crippen LogP contribution in [-0.4, -0.2) is 50.1 Å². The zero-order valence-electron chi connectivity index (χ0n) is 16.9. The van der Waals surface area contributed by atoms with E-state index in [-0.39, 0.29) is 11.6 Å². The maximum absolute atomic E-state index is 14.4. The van der Waals surface area contributed by atoms with E-state index in [1.807, 2.05) is 19.1 Å². The summed E-state index contributed by atoms with van der Waals surface area (Å²) in [6.45, 7) is 7.24. The predicted octanol–water partition coefficient (Wildman–Crippen LogP) is 2.82. The van der Waals surface area contributed by atoms with E-state index < -0.39 is 18.2 Å². The number of amides is 1. The van der Waals surface area contributed by atoms with Gasteiger partial charge >= 0.3 is 0 Å². The van der Waals surface area contributed by atoms with Gasteiger partial charge in [0.1, 0.15) is 35.2 Å². The highest BCUT2D eigenvalue weighted by Gasteiger charge is 2.31. The number of piperazine rings is 1. The van der Waals surface area contributed by atoms with Crippen LogP contribution in [-0.2, 0) is 4.74 Å². The molecule has 7 nitrogen and oxygen atoms in total. The normalized spacial score (nSPS) is 23.7. The van der Waals surface area contributed by atoms with Gasteiger partial charge in [-0.3, -0.25) is 9.79 Å². The molecule has 0 spiro atoms. The van der Waals surface area contributed by atoms with Crippen molar-refractivity contribution < 1.29 is 18.3 Å². The number of nitrogens with one attached hydrogen (secondary N) is 2. The maximum atomic E-state index is 14.4. The lowest BCUT2D eigenvalue weighted by Gasteiger charge is -2.30. The lowest BCUT2D eigenvalue weighted by atomic mass is 10.0. The summed E-state index contributed by atoms with van der Waals surface area (Å²) < 4.78 is 25.8. The third-order valence-corrected chi connectivity index (χ3v) is 5.54. The summed E-state index contributed by atoms with van der Waals surface area (Å²) in [5, 5.41) is 7.03. The van der Waals surface area contributed by atoms with Crippen LogP contribution in [0.3, 0.4) is 0 Å². The summed E-state index contributed by atoms with van der Waals surface area (Å²) >= 11 is 0. The molecule has 0 saturated carbocycles. The van der Waals surface area contributed by atoms with Crippen LogP contribution in [0.25, 0.3) is 11.0 Å². The van der Waals surface area contributed by atoms with Gasteiger partial charge in [0.2, 0.25) is 0 Å². The maximum Gasteiger partial charge on any atom is 0.259 e. The van der Waals surface area contributed by atoms with E-state index in [0.29, 0.717) is 16.8 Å². The average molecular weight is 410 g/mol. The molecular weight excluding hydrogens is 387 g/mol. The number of allylic oxidation sites excluding steroid dienone is 1. The summed E-state index contributed by atoms with van der Waals surface area (Å²) in [5.74, 6) is -0.114. The first-order chi connectivity index (χ1) is 14.5. The van der Waals surface area contributed by atoms with Gasteiger partial charge in [0.25, 0.3) is 5.91 Å². The van der Waals surface area contributed by atoms with Crippen molar-refractivity contribution >= 4 is 28.3 Å². The quantitative estimate of drug-likeness (QED) is 0.814. The van der Waals surface area contributed by atoms with E-state index in [2.05, 4.69) is 20.5 Å². The molecule has 2 aromatic rings. The molecule has 2 aliphatic heterocycles. The van der Waals surface area contributed by atoms with Gasteiger partial charge in [0, 0.05) is 42.9 Å². The average Bonchev–Trinajstić information content (AvgIpc) is 3.29. The fourth-order valence-corrected chi connectivity index (χ4v) is 4.18. The monoisotopic (exact) mass is 410 g/mol. The minimum atomic E-state index is -0.582. The van der Waals surface area contributed by atoms with Gasteiger partial charge in [-0.1, -0.05) is 0 Å². The number of furan rings is 1. The van der Waals surface area contributed by atoms with Crippen LogP contribution in [0.5, 0.6) is 0 Å². The number of anilines is 1. The van der Waals surface area contributed by atoms with E-state index in [4.69, 9.17) is 9.15 Å². The third kappa shape index (κ3) is 3.32. The number of hydrogen-bond acceptors (Lipinski definition) is 6. The van der Waals surface area contributed by atoms with Crippen molar-refractivity contribution in [3.05, 3.63) is 53.2 Å². The first-order valence-corrected chi connectivity index (χ1v) is 10.1. The van der Waals surface area contributed by atoms with E-state index in [1.165, 1.54) is 6.08 Å². The predicted molar refractivity (Wildman–Crippen MR) is 113 cm³/mol. The summed E-state index contributed by atoms with van der Waals surface area (Å²) in [6.07, 6.45) is 1.96. The van der Waals surface area contributed by atoms with Crippen LogP contribution in [0.4, 0.5) is 10.1 Å². The Morgan fingerprint density at radius 3 is 2.93 bits per heavy atom. The van der Waals surface area contributed by atoms with Gasteiger partial charge in [0.15, 0.2) is 0 Å². The molecule has 156 valence electrons. The van der Waals surface area contributed by atoms with Crippen LogP contribution < -0.4 is 15.5 Å². The summed E-state index contributed by atoms with van der Waals surface area (Å²) in [6, 6.07) is 5.68. The summed E-state index contributed by atoms with van der Waals surface area (Å²) in [5.41, 5.74) is 2.61. The Hall–Kier alpha value is -2.97. The summed E-state index contributed by atoms with van der Waals surface area (Å²) in [7, 11) is 0. The second-order valence-corrected chi connectivity index (χ2v) is 7.71. The zero-order valence-corrected chi connectivity index (χ0v) is 16.9. The second kappa shape index (κ2) is 7.37. The van der Waals surface area contributed by atoms with Crippen LogP contribution in [0.15, 0.2) is 51.3 Å². The number of aliphatic imine (C=N–C) groups is 1. The Bertz CT molecular complexity index is 1110. The largest absolute Gasteiger partial charge is 0.460 e. The number of aryl methyl sites for hydroxylation is 1. The molecule has 1 saturated heterocycles. The minimum Gasteiger partial charge on any atom is -0.460 e. The van der Waals surface area contributed by atoms with Crippen molar-refractivity contribution in [2.24, 2.45) is 4.99 Å². The third-order valence-electron chi connectivity index (χ3n) is 5.54. The van der Waals surface area contributed by atoms with Crippen molar-refractivity contribution in [1.82, 2.24) is 10.6 Å². The molecule has 2 unspecified atom stereocenters. The number of rotatable bonds is 3. The lowest BCUT2D eigenvalue weighted by molar-refractivity contribution is 0.0854. The molecule has 5 rings (SSSR count). The molecule has 30 heavy (non-hydrogen) atoms. The van der Waals surface area contributed by atoms with Crippen molar-refractivity contribution in [1.29, 1.82) is 0 Å². The highest BCUT2D eigenvalue weighted by molar-refractivity contribution is 6.10. The van der Waals surface area contributed by atoms with E-state index in [1.54, 1.807) is 19.1 Å². The topological polar surface area (TPSA) is 79.1 Å². The molecule has 1 amide bonds. The first kappa shape index (κ1) is 19.0. The zero-order chi connectivity index (χ0) is 20.8. The molecule has 3 heterocycles. The fraction of sp³-hybridized carbons (Fsp3) is 0.364. The highest BCUT2D eigenvalue weighted by Crippen LogP contribution is 2.33. The lowest BCUT2D eigenvalue weighted by Crippen LogP contribution is -2.43. The van der Waals surface area contributed by atoms with Gasteiger partial charge in [-0.2, -0.15) is 0 Å². The molecule has 3 aliphatic rings. The molecule has 1 aromatic carbocycles. The smallest absolute Gasteiger partial charge is 0.259 e. The number of carbonyl (C=O) groups excluding carboxylic acids is 1. The molecule has 1 aromatic heterocycles. The standard InChI is InChI=1S/C22H23FN4O3/c1-12-9-16-18(27-7-5-24-6-8-27)4-3-15(21(16)29-12)22(28)26-14-10-17(23)20-19(11-14)30-13(2)25-20/h3-4,9-11,13,19,24H,5-8H2,1-2H3,(H,26,28). The van der Waals surface area contributed by atoms with Crippen molar-refractivity contribution in [2.75, 3.05) is 31.1 Å². The van der Waals surface area contributed by atoms with Crippen LogP contribution >= 0.6 is 0 Å². The van der Waals surface area contributed by atoms with Gasteiger partial charge in [0.05, 0.1) is 5.56 Å². The molecule has 8 heteroatoms. The first-order valence-electron chi connectivity index (χ1n) is 10.1. The van der Waals surface area contributed by atoms with Crippen LogP contribution in [0.2, 0.25) is 0 Å². The Labute approximate surface area is 173 Å². The SMILES string of the molecule is Cc1cc2c(N3CCNCC3)ccc(C(=O)NC3=CC4OC(C)N=C4C(F)=C3)c2o1. The second-order valence-electron chi connectivity index (χ2n) is 7.71. The van der Waals surface area contributed by atoms with Gasteiger partial charge in [-0.25, -0.2) is 4.39 Å². The van der Waals surface area contributed by atoms with E-state index in [9.17, 15) is 9.18 Å².